The molecule has 0 saturated heterocycles. The van der Waals surface area contributed by atoms with Crippen LogP contribution >= 0.6 is 34.7 Å². The van der Waals surface area contributed by atoms with E-state index >= 15 is 0 Å². The number of carbonyl (C=O) groups is 2. The molecule has 5 nitrogen and oxygen atoms in total. The minimum Gasteiger partial charge on any atom is -0.325 e. The highest BCUT2D eigenvalue weighted by atomic mass is 35.5. The Morgan fingerprint density at radius 2 is 1.78 bits per heavy atom. The van der Waals surface area contributed by atoms with Crippen molar-refractivity contribution in [2.24, 2.45) is 0 Å². The lowest BCUT2D eigenvalue weighted by Crippen LogP contribution is -2.15. The summed E-state index contributed by atoms with van der Waals surface area (Å²) in [6.45, 7) is 0. The zero-order valence-corrected chi connectivity index (χ0v) is 16.5. The molecule has 0 bridgehead atoms. The van der Waals surface area contributed by atoms with Gasteiger partial charge < -0.3 is 5.32 Å². The third-order valence-corrected chi connectivity index (χ3v) is 5.44. The van der Waals surface area contributed by atoms with Crippen LogP contribution in [0.15, 0.2) is 60.1 Å². The van der Waals surface area contributed by atoms with Gasteiger partial charge in [0.2, 0.25) is 5.91 Å². The number of benzene rings is 2. The van der Waals surface area contributed by atoms with Crippen LogP contribution in [0.1, 0.15) is 15.9 Å². The summed E-state index contributed by atoms with van der Waals surface area (Å²) in [6, 6.07) is 14.3. The van der Waals surface area contributed by atoms with E-state index in [0.717, 1.165) is 11.3 Å². The second-order valence-electron chi connectivity index (χ2n) is 5.54. The van der Waals surface area contributed by atoms with Gasteiger partial charge in [-0.3, -0.25) is 14.9 Å². The molecule has 0 unspecified atom stereocenters. The summed E-state index contributed by atoms with van der Waals surface area (Å²) in [5, 5.41) is 8.58. The molecule has 1 heterocycles. The number of hydrogen-bond donors (Lipinski definition) is 2. The standard InChI is InChI=1S/C19H16ClN3O2S2/c20-15-5-1-13(2-6-15)11-26-12-17(24)22-16-7-3-14(4-8-16)18(25)23-19-21-9-10-27-19/h1-10H,11-12H2,(H,22,24)(H,21,23,25). The summed E-state index contributed by atoms with van der Waals surface area (Å²) in [5.74, 6) is 0.755. The molecule has 0 spiro atoms. The summed E-state index contributed by atoms with van der Waals surface area (Å²) in [6.07, 6.45) is 1.63. The van der Waals surface area contributed by atoms with Gasteiger partial charge in [-0.1, -0.05) is 23.7 Å². The molecule has 2 amide bonds. The van der Waals surface area contributed by atoms with Gasteiger partial charge in [0.15, 0.2) is 5.13 Å². The van der Waals surface area contributed by atoms with Crippen molar-refractivity contribution in [2.45, 2.75) is 5.75 Å². The van der Waals surface area contributed by atoms with Gasteiger partial charge in [-0.15, -0.1) is 23.1 Å². The number of carbonyl (C=O) groups excluding carboxylic acids is 2. The number of nitrogens with one attached hydrogen (secondary N) is 2. The van der Waals surface area contributed by atoms with E-state index in [-0.39, 0.29) is 11.8 Å². The number of rotatable bonds is 7. The van der Waals surface area contributed by atoms with Crippen LogP contribution in [0.4, 0.5) is 10.8 Å². The molecule has 27 heavy (non-hydrogen) atoms. The van der Waals surface area contributed by atoms with E-state index in [9.17, 15) is 9.59 Å². The number of thiazole rings is 1. The molecule has 0 aliphatic rings. The maximum absolute atomic E-state index is 12.1. The number of nitrogens with zero attached hydrogens (tertiary/aromatic N) is 1. The van der Waals surface area contributed by atoms with E-state index in [1.54, 1.807) is 35.8 Å². The molecular weight excluding hydrogens is 402 g/mol. The maximum atomic E-state index is 12.1. The fourth-order valence-corrected chi connectivity index (χ4v) is 3.64. The van der Waals surface area contributed by atoms with E-state index < -0.39 is 0 Å². The summed E-state index contributed by atoms with van der Waals surface area (Å²) >= 11 is 8.73. The number of halogens is 1. The van der Waals surface area contributed by atoms with Gasteiger partial charge in [-0.05, 0) is 42.0 Å². The zero-order chi connectivity index (χ0) is 19.1. The lowest BCUT2D eigenvalue weighted by atomic mass is 10.2. The van der Waals surface area contributed by atoms with Crippen molar-refractivity contribution in [3.05, 3.63) is 76.3 Å². The Morgan fingerprint density at radius 3 is 2.44 bits per heavy atom. The zero-order valence-electron chi connectivity index (χ0n) is 14.1. The Bertz CT molecular complexity index is 898. The predicted octanol–water partition coefficient (Wildman–Crippen LogP) is 4.92. The second kappa shape index (κ2) is 9.55. The van der Waals surface area contributed by atoms with E-state index in [1.165, 1.54) is 23.1 Å². The first-order chi connectivity index (χ1) is 13.1. The molecule has 0 aliphatic heterocycles. The molecule has 0 radical (unpaired) electrons. The number of thioether (sulfide) groups is 1. The molecule has 2 aromatic carbocycles. The molecule has 3 rings (SSSR count). The Balaban J connectivity index is 1.45. The van der Waals surface area contributed by atoms with Crippen molar-refractivity contribution in [3.63, 3.8) is 0 Å². The molecule has 1 aromatic heterocycles. The first-order valence-electron chi connectivity index (χ1n) is 8.03. The third-order valence-electron chi connectivity index (χ3n) is 3.50. The van der Waals surface area contributed by atoms with Crippen molar-refractivity contribution >= 4 is 57.3 Å². The number of hydrogen-bond acceptors (Lipinski definition) is 5. The van der Waals surface area contributed by atoms with Gasteiger partial charge in [-0.25, -0.2) is 4.98 Å². The molecular formula is C19H16ClN3O2S2. The van der Waals surface area contributed by atoms with E-state index in [1.807, 2.05) is 24.3 Å². The molecule has 138 valence electrons. The molecule has 2 N–H and O–H groups in total. The monoisotopic (exact) mass is 417 g/mol. The lowest BCUT2D eigenvalue weighted by Gasteiger charge is -2.07. The Morgan fingerprint density at radius 1 is 1.04 bits per heavy atom. The SMILES string of the molecule is O=C(CSCc1ccc(Cl)cc1)Nc1ccc(C(=O)Nc2nccs2)cc1. The smallest absolute Gasteiger partial charge is 0.257 e. The van der Waals surface area contributed by atoms with Crippen molar-refractivity contribution in [2.75, 3.05) is 16.4 Å². The average Bonchev–Trinajstić information content (AvgIpc) is 3.17. The van der Waals surface area contributed by atoms with Gasteiger partial charge >= 0.3 is 0 Å². The first-order valence-corrected chi connectivity index (χ1v) is 10.4. The van der Waals surface area contributed by atoms with Crippen molar-refractivity contribution in [1.82, 2.24) is 4.98 Å². The van der Waals surface area contributed by atoms with Crippen LogP contribution in [-0.2, 0) is 10.5 Å². The van der Waals surface area contributed by atoms with E-state index in [2.05, 4.69) is 15.6 Å². The Hall–Kier alpha value is -2.35. The molecule has 3 aromatic rings. The van der Waals surface area contributed by atoms with E-state index in [4.69, 9.17) is 11.6 Å². The van der Waals surface area contributed by atoms with Crippen molar-refractivity contribution in [3.8, 4) is 0 Å². The summed E-state index contributed by atoms with van der Waals surface area (Å²) in [4.78, 5) is 28.2. The van der Waals surface area contributed by atoms with Crippen LogP contribution in [0, 0.1) is 0 Å². The van der Waals surface area contributed by atoms with Crippen LogP contribution in [-0.4, -0.2) is 22.6 Å². The average molecular weight is 418 g/mol. The van der Waals surface area contributed by atoms with Gasteiger partial charge in [-0.2, -0.15) is 0 Å². The predicted molar refractivity (Wildman–Crippen MR) is 113 cm³/mol. The normalized spacial score (nSPS) is 10.4. The van der Waals surface area contributed by atoms with Crippen molar-refractivity contribution in [1.29, 1.82) is 0 Å². The largest absolute Gasteiger partial charge is 0.325 e. The fourth-order valence-electron chi connectivity index (χ4n) is 2.20. The molecule has 0 fully saturated rings. The molecule has 0 atom stereocenters. The second-order valence-corrected chi connectivity index (χ2v) is 7.85. The van der Waals surface area contributed by atoms with Gasteiger partial charge in [0.05, 0.1) is 5.75 Å². The number of aromatic nitrogens is 1. The highest BCUT2D eigenvalue weighted by Crippen LogP contribution is 2.17. The topological polar surface area (TPSA) is 71.1 Å². The van der Waals surface area contributed by atoms with Crippen LogP contribution in [0.2, 0.25) is 5.02 Å². The van der Waals surface area contributed by atoms with Gasteiger partial charge in [0.1, 0.15) is 0 Å². The molecule has 0 aliphatic carbocycles. The fraction of sp³-hybridized carbons (Fsp3) is 0.105. The number of amides is 2. The first kappa shape index (κ1) is 19.4. The summed E-state index contributed by atoms with van der Waals surface area (Å²) < 4.78 is 0. The van der Waals surface area contributed by atoms with Gasteiger partial charge in [0, 0.05) is 33.6 Å². The van der Waals surface area contributed by atoms with Crippen LogP contribution in [0.3, 0.4) is 0 Å². The van der Waals surface area contributed by atoms with Crippen LogP contribution < -0.4 is 10.6 Å². The highest BCUT2D eigenvalue weighted by molar-refractivity contribution is 7.99. The Labute approximate surface area is 170 Å². The number of anilines is 2. The molecule has 8 heteroatoms. The van der Waals surface area contributed by atoms with Crippen LogP contribution in [0.5, 0.6) is 0 Å². The minimum atomic E-state index is -0.235. The summed E-state index contributed by atoms with van der Waals surface area (Å²) in [5.41, 5.74) is 2.27. The van der Waals surface area contributed by atoms with Crippen LogP contribution in [0.25, 0.3) is 0 Å². The quantitative estimate of drug-likeness (QED) is 0.572. The highest BCUT2D eigenvalue weighted by Gasteiger charge is 2.08. The van der Waals surface area contributed by atoms with E-state index in [0.29, 0.717) is 27.2 Å². The lowest BCUT2D eigenvalue weighted by molar-refractivity contribution is -0.113. The maximum Gasteiger partial charge on any atom is 0.257 e. The third kappa shape index (κ3) is 6.09. The van der Waals surface area contributed by atoms with Crippen molar-refractivity contribution < 1.29 is 9.59 Å². The van der Waals surface area contributed by atoms with Gasteiger partial charge in [0.25, 0.3) is 5.91 Å². The summed E-state index contributed by atoms with van der Waals surface area (Å²) in [7, 11) is 0. The molecule has 0 saturated carbocycles. The Kier molecular flexibility index (Phi) is 6.86. The minimum absolute atomic E-state index is 0.0889.